The van der Waals surface area contributed by atoms with Crippen molar-refractivity contribution in [1.82, 2.24) is 29.3 Å². The van der Waals surface area contributed by atoms with Gasteiger partial charge in [0, 0.05) is 0 Å². The SMILES string of the molecule is CN(C)B1N(C)N(C)B(N(C)C)N(C)N1C. The molecule has 6 nitrogen and oxygen atoms in total. The van der Waals surface area contributed by atoms with Crippen LogP contribution in [0.1, 0.15) is 0 Å². The molecule has 0 saturated carbocycles. The lowest BCUT2D eigenvalue weighted by atomic mass is 9.79. The Morgan fingerprint density at radius 2 is 0.750 bits per heavy atom. The van der Waals surface area contributed by atoms with E-state index in [0.717, 1.165) is 0 Å². The summed E-state index contributed by atoms with van der Waals surface area (Å²) in [4.78, 5) is 13.3. The monoisotopic (exact) mass is 226 g/mol. The van der Waals surface area contributed by atoms with Crippen molar-refractivity contribution in [1.29, 1.82) is 0 Å². The predicted molar refractivity (Wildman–Crippen MR) is 69.9 cm³/mol. The Balaban J connectivity index is 2.94. The molecule has 1 rings (SSSR count). The van der Waals surface area contributed by atoms with Crippen molar-refractivity contribution in [3.05, 3.63) is 0 Å². The van der Waals surface area contributed by atoms with Crippen LogP contribution < -0.4 is 0 Å². The number of rotatable bonds is 2. The molecule has 0 aliphatic carbocycles. The standard InChI is InChI=1S/C8H24B2N6/c1-11(2)9-13(5)15(7)10(12(3)4)16(8)14(9)6/h1-8H3. The number of hydrazine groups is 2. The van der Waals surface area contributed by atoms with Crippen LogP contribution in [-0.4, -0.2) is 99.9 Å². The van der Waals surface area contributed by atoms with Crippen LogP contribution in [0.25, 0.3) is 0 Å². The third-order valence-electron chi connectivity index (χ3n) is 3.26. The minimum atomic E-state index is 0.242. The zero-order chi connectivity index (χ0) is 12.6. The lowest BCUT2D eigenvalue weighted by molar-refractivity contribution is 0.0497. The van der Waals surface area contributed by atoms with Crippen LogP contribution in [-0.2, 0) is 0 Å². The van der Waals surface area contributed by atoms with Gasteiger partial charge in [-0.05, 0) is 56.4 Å². The molecule has 1 aliphatic rings. The molecule has 1 saturated heterocycles. The summed E-state index contributed by atoms with van der Waals surface area (Å²) < 4.78 is 0. The first-order chi connectivity index (χ1) is 7.29. The Labute approximate surface area is 101 Å². The summed E-state index contributed by atoms with van der Waals surface area (Å²) in [5.41, 5.74) is 0. The molecule has 0 atom stereocenters. The molecule has 0 aromatic rings. The molecule has 1 fully saturated rings. The van der Waals surface area contributed by atoms with E-state index in [-0.39, 0.29) is 14.2 Å². The largest absolute Gasteiger partial charge is 0.429 e. The second kappa shape index (κ2) is 5.03. The van der Waals surface area contributed by atoms with Crippen LogP contribution in [0.3, 0.4) is 0 Å². The van der Waals surface area contributed by atoms with E-state index >= 15 is 0 Å². The van der Waals surface area contributed by atoms with E-state index in [4.69, 9.17) is 0 Å². The highest BCUT2D eigenvalue weighted by Crippen LogP contribution is 2.16. The van der Waals surface area contributed by atoms with Gasteiger partial charge in [0.2, 0.25) is 0 Å². The van der Waals surface area contributed by atoms with Gasteiger partial charge in [-0.3, -0.25) is 19.7 Å². The minimum absolute atomic E-state index is 0.242. The smallest absolute Gasteiger partial charge is 0.318 e. The molecule has 92 valence electrons. The quantitative estimate of drug-likeness (QED) is 0.538. The number of hydrogen-bond acceptors (Lipinski definition) is 6. The highest BCUT2D eigenvalue weighted by atomic mass is 15.8. The molecule has 0 N–H and O–H groups in total. The molecule has 0 spiro atoms. The van der Waals surface area contributed by atoms with E-state index < -0.39 is 0 Å². The molecule has 0 amide bonds. The van der Waals surface area contributed by atoms with Gasteiger partial charge in [0.05, 0.1) is 0 Å². The van der Waals surface area contributed by atoms with Crippen molar-refractivity contribution in [2.75, 3.05) is 56.4 Å². The molecule has 0 aromatic heterocycles. The molecular formula is C8H24B2N6. The third-order valence-corrected chi connectivity index (χ3v) is 3.26. The van der Waals surface area contributed by atoms with Crippen molar-refractivity contribution in [3.8, 4) is 0 Å². The molecule has 0 bridgehead atoms. The Bertz CT molecular complexity index is 199. The van der Waals surface area contributed by atoms with E-state index in [1.165, 1.54) is 0 Å². The third kappa shape index (κ3) is 2.27. The average molecular weight is 226 g/mol. The van der Waals surface area contributed by atoms with Gasteiger partial charge in [0.1, 0.15) is 0 Å². The van der Waals surface area contributed by atoms with Gasteiger partial charge in [0.15, 0.2) is 0 Å². The van der Waals surface area contributed by atoms with E-state index in [0.29, 0.717) is 0 Å². The first-order valence-corrected chi connectivity index (χ1v) is 5.53. The first kappa shape index (κ1) is 14.0. The lowest BCUT2D eigenvalue weighted by Gasteiger charge is -2.54. The normalized spacial score (nSPS) is 22.9. The van der Waals surface area contributed by atoms with Gasteiger partial charge in [-0.2, -0.15) is 0 Å². The molecule has 8 heteroatoms. The summed E-state index contributed by atoms with van der Waals surface area (Å²) in [5.74, 6) is 0. The van der Waals surface area contributed by atoms with E-state index in [2.05, 4.69) is 85.7 Å². The Kier molecular flexibility index (Phi) is 4.39. The van der Waals surface area contributed by atoms with Crippen molar-refractivity contribution in [2.45, 2.75) is 0 Å². The van der Waals surface area contributed by atoms with Gasteiger partial charge in [-0.1, -0.05) is 0 Å². The number of nitrogens with zero attached hydrogens (tertiary/aromatic N) is 6. The maximum absolute atomic E-state index is 2.24. The van der Waals surface area contributed by atoms with Crippen molar-refractivity contribution < 1.29 is 0 Å². The van der Waals surface area contributed by atoms with E-state index in [1.54, 1.807) is 0 Å². The molecular weight excluding hydrogens is 202 g/mol. The second-order valence-corrected chi connectivity index (χ2v) is 4.91. The average Bonchev–Trinajstić information content (AvgIpc) is 2.14. The highest BCUT2D eigenvalue weighted by Gasteiger charge is 2.47. The van der Waals surface area contributed by atoms with Crippen LogP contribution in [0.15, 0.2) is 0 Å². The predicted octanol–water partition coefficient (Wildman–Crippen LogP) is -1.35. The topological polar surface area (TPSA) is 19.4 Å². The van der Waals surface area contributed by atoms with Crippen LogP contribution in [0.2, 0.25) is 0 Å². The summed E-state index contributed by atoms with van der Waals surface area (Å²) in [6.45, 7) is 0. The summed E-state index contributed by atoms with van der Waals surface area (Å²) in [6.07, 6.45) is 0. The Morgan fingerprint density at radius 1 is 0.562 bits per heavy atom. The molecule has 0 unspecified atom stereocenters. The van der Waals surface area contributed by atoms with Gasteiger partial charge in [-0.25, -0.2) is 0 Å². The van der Waals surface area contributed by atoms with Gasteiger partial charge in [0.25, 0.3) is 0 Å². The Morgan fingerprint density at radius 3 is 0.875 bits per heavy atom. The van der Waals surface area contributed by atoms with Crippen molar-refractivity contribution in [2.24, 2.45) is 0 Å². The fourth-order valence-corrected chi connectivity index (χ4v) is 2.47. The van der Waals surface area contributed by atoms with Crippen LogP contribution in [0.4, 0.5) is 0 Å². The second-order valence-electron chi connectivity index (χ2n) is 4.91. The zero-order valence-corrected chi connectivity index (χ0v) is 11.8. The van der Waals surface area contributed by atoms with E-state index in [1.807, 2.05) is 0 Å². The van der Waals surface area contributed by atoms with Gasteiger partial charge in [-0.15, -0.1) is 0 Å². The van der Waals surface area contributed by atoms with Crippen LogP contribution in [0.5, 0.6) is 0 Å². The minimum Gasteiger partial charge on any atom is -0.318 e. The summed E-state index contributed by atoms with van der Waals surface area (Å²) in [6, 6.07) is 0. The first-order valence-electron chi connectivity index (χ1n) is 5.53. The lowest BCUT2D eigenvalue weighted by Crippen LogP contribution is -2.80. The maximum Gasteiger partial charge on any atom is 0.429 e. The van der Waals surface area contributed by atoms with Crippen molar-refractivity contribution in [3.63, 3.8) is 0 Å². The molecule has 1 heterocycles. The van der Waals surface area contributed by atoms with Crippen LogP contribution in [0, 0.1) is 0 Å². The molecule has 16 heavy (non-hydrogen) atoms. The maximum atomic E-state index is 2.24. The van der Waals surface area contributed by atoms with Crippen LogP contribution >= 0.6 is 0 Å². The fourth-order valence-electron chi connectivity index (χ4n) is 2.47. The number of hydrogen-bond donors (Lipinski definition) is 0. The fraction of sp³-hybridized carbons (Fsp3) is 1.00. The van der Waals surface area contributed by atoms with Gasteiger partial charge < -0.3 is 9.62 Å². The highest BCUT2D eigenvalue weighted by molar-refractivity contribution is 6.57. The summed E-state index contributed by atoms with van der Waals surface area (Å²) >= 11 is 0. The Hall–Kier alpha value is -0.110. The van der Waals surface area contributed by atoms with Gasteiger partial charge >= 0.3 is 14.2 Å². The molecule has 0 radical (unpaired) electrons. The zero-order valence-electron chi connectivity index (χ0n) is 11.8. The van der Waals surface area contributed by atoms with Crippen molar-refractivity contribution >= 4 is 14.2 Å². The van der Waals surface area contributed by atoms with E-state index in [9.17, 15) is 0 Å². The summed E-state index contributed by atoms with van der Waals surface area (Å²) in [7, 11) is 17.3. The summed E-state index contributed by atoms with van der Waals surface area (Å²) in [5, 5.41) is 0. The molecule has 1 aliphatic heterocycles. The molecule has 0 aromatic carbocycles.